The summed E-state index contributed by atoms with van der Waals surface area (Å²) in [4.78, 5) is 4.57. The highest BCUT2D eigenvalue weighted by molar-refractivity contribution is 7.09. The minimum atomic E-state index is 0.0825. The molecule has 1 atom stereocenters. The molecule has 0 aliphatic rings. The van der Waals surface area contributed by atoms with Crippen LogP contribution in [0, 0.1) is 12.3 Å². The molecule has 1 aromatic heterocycles. The maximum atomic E-state index is 5.30. The van der Waals surface area contributed by atoms with Gasteiger partial charge >= 0.3 is 0 Å². The molecular formula is C14H14N2S. The Morgan fingerprint density at radius 1 is 1.41 bits per heavy atom. The monoisotopic (exact) mass is 242 g/mol. The zero-order chi connectivity index (χ0) is 12.1. The Morgan fingerprint density at radius 3 is 2.88 bits per heavy atom. The minimum absolute atomic E-state index is 0.0825. The van der Waals surface area contributed by atoms with Crippen LogP contribution in [0.2, 0.25) is 0 Å². The van der Waals surface area contributed by atoms with Gasteiger partial charge in [0.25, 0.3) is 0 Å². The van der Waals surface area contributed by atoms with E-state index in [-0.39, 0.29) is 6.04 Å². The summed E-state index contributed by atoms with van der Waals surface area (Å²) in [5.74, 6) is 2.64. The van der Waals surface area contributed by atoms with E-state index >= 15 is 0 Å². The lowest BCUT2D eigenvalue weighted by molar-refractivity contribution is 0.646. The Bertz CT molecular complexity index is 511. The van der Waals surface area contributed by atoms with Crippen molar-refractivity contribution in [3.63, 3.8) is 0 Å². The topological polar surface area (TPSA) is 24.9 Å². The molecule has 0 bridgehead atoms. The lowest BCUT2D eigenvalue weighted by Gasteiger charge is -2.03. The van der Waals surface area contributed by atoms with Crippen LogP contribution < -0.4 is 5.32 Å². The molecule has 2 rings (SSSR count). The van der Waals surface area contributed by atoms with Gasteiger partial charge in [-0.3, -0.25) is 5.32 Å². The number of hydrogen-bond donors (Lipinski definition) is 1. The molecule has 0 spiro atoms. The number of nitrogens with zero attached hydrogens (tertiary/aromatic N) is 1. The van der Waals surface area contributed by atoms with Crippen molar-refractivity contribution in [1.29, 1.82) is 0 Å². The van der Waals surface area contributed by atoms with Crippen molar-refractivity contribution in [3.8, 4) is 23.6 Å². The van der Waals surface area contributed by atoms with Gasteiger partial charge in [0, 0.05) is 17.5 Å². The highest BCUT2D eigenvalue weighted by Gasteiger charge is 2.04. The summed E-state index contributed by atoms with van der Waals surface area (Å²) in [7, 11) is 0. The second-order valence-corrected chi connectivity index (χ2v) is 4.70. The largest absolute Gasteiger partial charge is 0.297 e. The fourth-order valence-electron chi connectivity index (χ4n) is 1.43. The number of aromatic nitrogens is 1. The van der Waals surface area contributed by atoms with E-state index in [1.807, 2.05) is 25.1 Å². The van der Waals surface area contributed by atoms with Gasteiger partial charge in [0.2, 0.25) is 0 Å². The SMILES string of the molecule is C#CC(C)NCc1nc(-c2ccccc2)cs1. The molecule has 1 heterocycles. The van der Waals surface area contributed by atoms with Crippen molar-refractivity contribution in [1.82, 2.24) is 10.3 Å². The fourth-order valence-corrected chi connectivity index (χ4v) is 2.19. The molecule has 0 saturated carbocycles. The van der Waals surface area contributed by atoms with Gasteiger partial charge in [0.1, 0.15) is 5.01 Å². The van der Waals surface area contributed by atoms with Gasteiger partial charge in [0.15, 0.2) is 0 Å². The van der Waals surface area contributed by atoms with Gasteiger partial charge in [-0.25, -0.2) is 4.98 Å². The van der Waals surface area contributed by atoms with Crippen LogP contribution >= 0.6 is 11.3 Å². The summed E-state index contributed by atoms with van der Waals surface area (Å²) in [5.41, 5.74) is 2.18. The van der Waals surface area contributed by atoms with E-state index in [1.54, 1.807) is 11.3 Å². The summed E-state index contributed by atoms with van der Waals surface area (Å²) in [5, 5.41) is 6.36. The van der Waals surface area contributed by atoms with Crippen molar-refractivity contribution in [2.75, 3.05) is 0 Å². The molecule has 2 aromatic rings. The van der Waals surface area contributed by atoms with E-state index < -0.39 is 0 Å². The van der Waals surface area contributed by atoms with Gasteiger partial charge in [-0.2, -0.15) is 0 Å². The second-order valence-electron chi connectivity index (χ2n) is 3.76. The highest BCUT2D eigenvalue weighted by Crippen LogP contribution is 2.21. The van der Waals surface area contributed by atoms with E-state index in [4.69, 9.17) is 6.42 Å². The number of thiazole rings is 1. The molecule has 1 unspecified atom stereocenters. The van der Waals surface area contributed by atoms with E-state index in [9.17, 15) is 0 Å². The normalized spacial score (nSPS) is 12.0. The van der Waals surface area contributed by atoms with Gasteiger partial charge in [-0.05, 0) is 6.92 Å². The Balaban J connectivity index is 2.05. The molecular weight excluding hydrogens is 228 g/mol. The van der Waals surface area contributed by atoms with Gasteiger partial charge < -0.3 is 0 Å². The van der Waals surface area contributed by atoms with Crippen molar-refractivity contribution in [3.05, 3.63) is 40.7 Å². The zero-order valence-corrected chi connectivity index (χ0v) is 10.5. The predicted molar refractivity (Wildman–Crippen MR) is 72.7 cm³/mol. The maximum absolute atomic E-state index is 5.30. The summed E-state index contributed by atoms with van der Waals surface area (Å²) >= 11 is 1.65. The molecule has 0 fully saturated rings. The van der Waals surface area contributed by atoms with E-state index in [0.717, 1.165) is 22.8 Å². The smallest absolute Gasteiger partial charge is 0.107 e. The summed E-state index contributed by atoms with van der Waals surface area (Å²) < 4.78 is 0. The summed E-state index contributed by atoms with van der Waals surface area (Å²) in [6, 6.07) is 10.3. The van der Waals surface area contributed by atoms with Crippen molar-refractivity contribution in [2.45, 2.75) is 19.5 Å². The molecule has 3 heteroatoms. The number of terminal acetylenes is 1. The summed E-state index contributed by atoms with van der Waals surface area (Å²) in [6.07, 6.45) is 5.30. The third-order valence-corrected chi connectivity index (χ3v) is 3.28. The molecule has 17 heavy (non-hydrogen) atoms. The number of benzene rings is 1. The quantitative estimate of drug-likeness (QED) is 0.834. The van der Waals surface area contributed by atoms with Crippen LogP contribution in [0.5, 0.6) is 0 Å². The molecule has 0 aliphatic carbocycles. The summed E-state index contributed by atoms with van der Waals surface area (Å²) in [6.45, 7) is 2.69. The molecule has 1 N–H and O–H groups in total. The van der Waals surface area contributed by atoms with Gasteiger partial charge in [-0.1, -0.05) is 36.3 Å². The van der Waals surface area contributed by atoms with Crippen LogP contribution in [0.25, 0.3) is 11.3 Å². The standard InChI is InChI=1S/C14H14N2S/c1-3-11(2)15-9-14-16-13(10-17-14)12-7-5-4-6-8-12/h1,4-8,10-11,15H,9H2,2H3. The van der Waals surface area contributed by atoms with Crippen molar-refractivity contribution < 1.29 is 0 Å². The average molecular weight is 242 g/mol. The van der Waals surface area contributed by atoms with E-state index in [2.05, 4.69) is 33.7 Å². The molecule has 0 saturated heterocycles. The molecule has 2 nitrogen and oxygen atoms in total. The first kappa shape index (κ1) is 11.8. The second kappa shape index (κ2) is 5.62. The number of hydrogen-bond acceptors (Lipinski definition) is 3. The molecule has 86 valence electrons. The zero-order valence-electron chi connectivity index (χ0n) is 9.68. The number of nitrogens with one attached hydrogen (secondary N) is 1. The van der Waals surface area contributed by atoms with E-state index in [0.29, 0.717) is 0 Å². The molecule has 0 radical (unpaired) electrons. The molecule has 1 aromatic carbocycles. The Kier molecular flexibility index (Phi) is 3.92. The first-order chi connectivity index (χ1) is 8.29. The van der Waals surface area contributed by atoms with Gasteiger partial charge in [-0.15, -0.1) is 17.8 Å². The Hall–Kier alpha value is -1.63. The first-order valence-electron chi connectivity index (χ1n) is 5.49. The van der Waals surface area contributed by atoms with Crippen molar-refractivity contribution >= 4 is 11.3 Å². The van der Waals surface area contributed by atoms with Crippen LogP contribution in [-0.2, 0) is 6.54 Å². The molecule has 0 amide bonds. The van der Waals surface area contributed by atoms with Gasteiger partial charge in [0.05, 0.1) is 11.7 Å². The van der Waals surface area contributed by atoms with Crippen LogP contribution in [0.15, 0.2) is 35.7 Å². The minimum Gasteiger partial charge on any atom is -0.297 e. The predicted octanol–water partition coefficient (Wildman–Crippen LogP) is 2.92. The third-order valence-electron chi connectivity index (χ3n) is 2.43. The Labute approximate surface area is 106 Å². The van der Waals surface area contributed by atoms with Crippen LogP contribution in [0.4, 0.5) is 0 Å². The van der Waals surface area contributed by atoms with E-state index in [1.165, 1.54) is 0 Å². The highest BCUT2D eigenvalue weighted by atomic mass is 32.1. The van der Waals surface area contributed by atoms with Crippen molar-refractivity contribution in [2.24, 2.45) is 0 Å². The molecule has 0 aliphatic heterocycles. The van der Waals surface area contributed by atoms with Crippen LogP contribution in [0.3, 0.4) is 0 Å². The van der Waals surface area contributed by atoms with Crippen LogP contribution in [0.1, 0.15) is 11.9 Å². The number of rotatable bonds is 4. The van der Waals surface area contributed by atoms with Crippen LogP contribution in [-0.4, -0.2) is 11.0 Å². The fraction of sp³-hybridized carbons (Fsp3) is 0.214. The average Bonchev–Trinajstić information content (AvgIpc) is 2.86. The maximum Gasteiger partial charge on any atom is 0.107 e. The lowest BCUT2D eigenvalue weighted by Crippen LogP contribution is -2.23. The third kappa shape index (κ3) is 3.16. The lowest BCUT2D eigenvalue weighted by atomic mass is 10.2. The first-order valence-corrected chi connectivity index (χ1v) is 6.37. The Morgan fingerprint density at radius 2 is 2.18 bits per heavy atom.